The topological polar surface area (TPSA) is 77.7 Å². The second kappa shape index (κ2) is 9.98. The molecule has 1 aliphatic rings. The summed E-state index contributed by atoms with van der Waals surface area (Å²) < 4.78 is 22.0. The van der Waals surface area contributed by atoms with Crippen LogP contribution in [0.2, 0.25) is 5.02 Å². The number of ether oxygens (including phenoxy) is 1. The Morgan fingerprint density at radius 3 is 2.80 bits per heavy atom. The fourth-order valence-electron chi connectivity index (χ4n) is 3.18. The van der Waals surface area contributed by atoms with Gasteiger partial charge in [0.15, 0.2) is 0 Å². The Balaban J connectivity index is 1.57. The SMILES string of the molecule is CN=S(C)(=O)c1ccc(O/C=C2/CN(CCc3cc(Cl)cc(C#N)c3)CCN2)cc1. The van der Waals surface area contributed by atoms with E-state index in [-0.39, 0.29) is 0 Å². The zero-order chi connectivity index (χ0) is 21.6. The van der Waals surface area contributed by atoms with Gasteiger partial charge in [0.2, 0.25) is 0 Å². The molecule has 6 nitrogen and oxygen atoms in total. The van der Waals surface area contributed by atoms with Gasteiger partial charge in [0.25, 0.3) is 0 Å². The van der Waals surface area contributed by atoms with Crippen molar-refractivity contribution in [1.29, 1.82) is 5.26 Å². The van der Waals surface area contributed by atoms with Gasteiger partial charge < -0.3 is 10.1 Å². The van der Waals surface area contributed by atoms with Gasteiger partial charge in [0.1, 0.15) is 12.0 Å². The lowest BCUT2D eigenvalue weighted by atomic mass is 10.1. The van der Waals surface area contributed by atoms with Crippen LogP contribution in [0, 0.1) is 11.3 Å². The van der Waals surface area contributed by atoms with Gasteiger partial charge in [-0.3, -0.25) is 4.90 Å². The number of rotatable bonds is 6. The van der Waals surface area contributed by atoms with Crippen LogP contribution in [0.15, 0.2) is 63.7 Å². The third-order valence-corrected chi connectivity index (χ3v) is 6.99. The van der Waals surface area contributed by atoms with E-state index < -0.39 is 9.73 Å². The van der Waals surface area contributed by atoms with Gasteiger partial charge in [-0.05, 0) is 54.4 Å². The van der Waals surface area contributed by atoms with E-state index in [0.717, 1.165) is 43.9 Å². The molecule has 2 aromatic rings. The van der Waals surface area contributed by atoms with Crippen LogP contribution in [0.4, 0.5) is 0 Å². The third-order valence-electron chi connectivity index (χ3n) is 4.92. The first-order chi connectivity index (χ1) is 14.4. The molecule has 0 aliphatic carbocycles. The van der Waals surface area contributed by atoms with E-state index in [2.05, 4.69) is 20.6 Å². The van der Waals surface area contributed by atoms with Gasteiger partial charge in [0.05, 0.1) is 27.1 Å². The highest BCUT2D eigenvalue weighted by atomic mass is 35.5. The molecule has 1 aliphatic heterocycles. The first kappa shape index (κ1) is 22.2. The van der Waals surface area contributed by atoms with Crippen LogP contribution in [-0.2, 0) is 16.1 Å². The zero-order valence-corrected chi connectivity index (χ0v) is 18.7. The molecule has 0 aromatic heterocycles. The molecule has 1 N–H and O–H groups in total. The molecule has 1 unspecified atom stereocenters. The van der Waals surface area contributed by atoms with Gasteiger partial charge in [-0.25, -0.2) is 8.57 Å². The Morgan fingerprint density at radius 2 is 2.10 bits per heavy atom. The number of nitrogens with zero attached hydrogens (tertiary/aromatic N) is 3. The van der Waals surface area contributed by atoms with Crippen molar-refractivity contribution >= 4 is 21.3 Å². The minimum absolute atomic E-state index is 0.587. The van der Waals surface area contributed by atoms with E-state index in [1.165, 1.54) is 0 Å². The van der Waals surface area contributed by atoms with Crippen LogP contribution in [-0.4, -0.2) is 48.6 Å². The van der Waals surface area contributed by atoms with E-state index in [9.17, 15) is 4.21 Å². The fraction of sp³-hybridized carbons (Fsp3) is 0.318. The van der Waals surface area contributed by atoms with Crippen molar-refractivity contribution in [1.82, 2.24) is 10.2 Å². The fourth-order valence-corrected chi connectivity index (χ4v) is 4.29. The summed E-state index contributed by atoms with van der Waals surface area (Å²) in [7, 11) is -0.773. The van der Waals surface area contributed by atoms with Crippen LogP contribution in [0.3, 0.4) is 0 Å². The Bertz CT molecular complexity index is 1080. The Morgan fingerprint density at radius 1 is 1.33 bits per heavy atom. The lowest BCUT2D eigenvalue weighted by Gasteiger charge is -2.29. The molecule has 3 rings (SSSR count). The van der Waals surface area contributed by atoms with Crippen LogP contribution in [0.5, 0.6) is 5.75 Å². The number of piperazine rings is 1. The highest BCUT2D eigenvalue weighted by Gasteiger charge is 2.14. The Kier molecular flexibility index (Phi) is 7.38. The van der Waals surface area contributed by atoms with Crippen molar-refractivity contribution in [3.05, 3.63) is 70.6 Å². The molecular weight excluding hydrogens is 420 g/mol. The Hall–Kier alpha value is -2.53. The average molecular weight is 445 g/mol. The molecule has 30 heavy (non-hydrogen) atoms. The van der Waals surface area contributed by atoms with E-state index in [4.69, 9.17) is 21.6 Å². The van der Waals surface area contributed by atoms with Crippen molar-refractivity contribution < 1.29 is 8.95 Å². The smallest absolute Gasteiger partial charge is 0.126 e. The van der Waals surface area contributed by atoms with Crippen molar-refractivity contribution in [2.24, 2.45) is 4.36 Å². The number of hydrogen-bond acceptors (Lipinski definition) is 6. The largest absolute Gasteiger partial charge is 0.463 e. The molecular formula is C22H25ClN4O2S. The second-order valence-electron chi connectivity index (χ2n) is 7.13. The molecule has 0 spiro atoms. The summed E-state index contributed by atoms with van der Waals surface area (Å²) >= 11 is 6.09. The molecule has 1 atom stereocenters. The van der Waals surface area contributed by atoms with Crippen molar-refractivity contribution in [2.45, 2.75) is 11.3 Å². The minimum atomic E-state index is -2.34. The van der Waals surface area contributed by atoms with Crippen LogP contribution < -0.4 is 10.1 Å². The molecule has 0 radical (unpaired) electrons. The molecule has 0 saturated carbocycles. The number of benzene rings is 2. The summed E-state index contributed by atoms with van der Waals surface area (Å²) in [5.74, 6) is 0.680. The van der Waals surface area contributed by atoms with Gasteiger partial charge in [0, 0.05) is 49.4 Å². The lowest BCUT2D eigenvalue weighted by molar-refractivity contribution is 0.265. The monoisotopic (exact) mass is 444 g/mol. The highest BCUT2D eigenvalue weighted by molar-refractivity contribution is 7.93. The predicted molar refractivity (Wildman–Crippen MR) is 120 cm³/mol. The lowest BCUT2D eigenvalue weighted by Crippen LogP contribution is -2.43. The second-order valence-corrected chi connectivity index (χ2v) is 10.0. The molecule has 1 heterocycles. The maximum atomic E-state index is 12.3. The van der Waals surface area contributed by atoms with Gasteiger partial charge in [-0.1, -0.05) is 11.6 Å². The quantitative estimate of drug-likeness (QED) is 0.688. The summed E-state index contributed by atoms with van der Waals surface area (Å²) in [6.45, 7) is 3.39. The normalized spacial score (nSPS) is 17.6. The molecule has 0 bridgehead atoms. The van der Waals surface area contributed by atoms with Crippen molar-refractivity contribution in [3.63, 3.8) is 0 Å². The number of nitrogens with one attached hydrogen (secondary N) is 1. The van der Waals surface area contributed by atoms with Gasteiger partial charge in [-0.15, -0.1) is 0 Å². The summed E-state index contributed by atoms with van der Waals surface area (Å²) in [4.78, 5) is 3.02. The maximum Gasteiger partial charge on any atom is 0.126 e. The first-order valence-electron chi connectivity index (χ1n) is 9.61. The van der Waals surface area contributed by atoms with Crippen molar-refractivity contribution in [2.75, 3.05) is 39.5 Å². The molecule has 2 aromatic carbocycles. The van der Waals surface area contributed by atoms with Crippen LogP contribution in [0.25, 0.3) is 0 Å². The highest BCUT2D eigenvalue weighted by Crippen LogP contribution is 2.18. The zero-order valence-electron chi connectivity index (χ0n) is 17.1. The van der Waals surface area contributed by atoms with E-state index in [0.29, 0.717) is 21.2 Å². The molecule has 1 saturated heterocycles. The van der Waals surface area contributed by atoms with Crippen LogP contribution >= 0.6 is 11.6 Å². The van der Waals surface area contributed by atoms with E-state index in [1.54, 1.807) is 49.9 Å². The Labute approximate surface area is 183 Å². The number of nitriles is 1. The van der Waals surface area contributed by atoms with E-state index in [1.807, 2.05) is 12.1 Å². The summed E-state index contributed by atoms with van der Waals surface area (Å²) in [6, 6.07) is 14.8. The molecule has 158 valence electrons. The van der Waals surface area contributed by atoms with Crippen molar-refractivity contribution in [3.8, 4) is 11.8 Å². The van der Waals surface area contributed by atoms with Gasteiger partial charge in [-0.2, -0.15) is 5.26 Å². The predicted octanol–water partition coefficient (Wildman–Crippen LogP) is 3.67. The van der Waals surface area contributed by atoms with Crippen LogP contribution in [0.1, 0.15) is 11.1 Å². The summed E-state index contributed by atoms with van der Waals surface area (Å²) in [5.41, 5.74) is 2.65. The van der Waals surface area contributed by atoms with Gasteiger partial charge >= 0.3 is 0 Å². The number of hydrogen-bond donors (Lipinski definition) is 1. The summed E-state index contributed by atoms with van der Waals surface area (Å²) in [5, 5.41) is 13.0. The molecule has 1 fully saturated rings. The molecule has 8 heteroatoms. The summed E-state index contributed by atoms with van der Waals surface area (Å²) in [6.07, 6.45) is 4.17. The maximum absolute atomic E-state index is 12.3. The first-order valence-corrected chi connectivity index (χ1v) is 11.9. The number of halogens is 1. The minimum Gasteiger partial charge on any atom is -0.463 e. The van der Waals surface area contributed by atoms with E-state index >= 15 is 0 Å². The standard InChI is InChI=1S/C22H25ClN4O2S/c1-25-30(2,28)22-5-3-21(4-6-22)29-16-20-15-27(10-8-26-20)9-7-17-11-18(14-24)13-19(23)12-17/h3-6,11-13,16,26H,7-10,15H2,1-2H3/b20-16-. The third kappa shape index (κ3) is 5.99. The average Bonchev–Trinajstić information content (AvgIpc) is 2.76. The molecule has 0 amide bonds.